The summed E-state index contributed by atoms with van der Waals surface area (Å²) in [6.45, 7) is 2.32. The molecule has 1 aliphatic rings. The zero-order valence-corrected chi connectivity index (χ0v) is 12.9. The number of hydrogen-bond acceptors (Lipinski definition) is 4. The first kappa shape index (κ1) is 15.8. The predicted octanol–water partition coefficient (Wildman–Crippen LogP) is 0.187. The molecule has 0 saturated carbocycles. The molecular weight excluding hydrogens is 298 g/mol. The standard InChI is InChI=1S/C16H21N3O4/c20-10-12-9-18(7-8-23-11-12)15(21)5-6-19-14-4-2-1-3-13(14)17-16(19)22/h1-4,12,20H,5-11H2,(H,17,22). The molecule has 0 bridgehead atoms. The number of aromatic amines is 1. The van der Waals surface area contributed by atoms with Gasteiger partial charge < -0.3 is 19.7 Å². The summed E-state index contributed by atoms with van der Waals surface area (Å²) in [5.41, 5.74) is 1.37. The molecule has 1 saturated heterocycles. The van der Waals surface area contributed by atoms with Gasteiger partial charge in [0.25, 0.3) is 0 Å². The first-order valence-electron chi connectivity index (χ1n) is 7.83. The van der Waals surface area contributed by atoms with E-state index >= 15 is 0 Å². The van der Waals surface area contributed by atoms with Gasteiger partial charge in [-0.3, -0.25) is 9.36 Å². The minimum Gasteiger partial charge on any atom is -0.396 e. The van der Waals surface area contributed by atoms with Gasteiger partial charge in [-0.05, 0) is 12.1 Å². The van der Waals surface area contributed by atoms with E-state index in [1.165, 1.54) is 0 Å². The van der Waals surface area contributed by atoms with Crippen LogP contribution in [0.4, 0.5) is 0 Å². The first-order valence-corrected chi connectivity index (χ1v) is 7.83. The molecule has 7 heteroatoms. The number of rotatable bonds is 4. The highest BCUT2D eigenvalue weighted by Gasteiger charge is 2.22. The number of fused-ring (bicyclic) bond motifs is 1. The highest BCUT2D eigenvalue weighted by Crippen LogP contribution is 2.11. The Morgan fingerprint density at radius 2 is 2.22 bits per heavy atom. The lowest BCUT2D eigenvalue weighted by atomic mass is 10.1. The molecule has 1 aliphatic heterocycles. The average Bonchev–Trinajstić information content (AvgIpc) is 2.74. The van der Waals surface area contributed by atoms with Crippen molar-refractivity contribution in [2.24, 2.45) is 5.92 Å². The summed E-state index contributed by atoms with van der Waals surface area (Å²) in [4.78, 5) is 28.9. The van der Waals surface area contributed by atoms with Crippen LogP contribution in [0.5, 0.6) is 0 Å². The van der Waals surface area contributed by atoms with Gasteiger partial charge >= 0.3 is 5.69 Å². The van der Waals surface area contributed by atoms with Gasteiger partial charge in [-0.2, -0.15) is 0 Å². The van der Waals surface area contributed by atoms with Crippen LogP contribution in [0.2, 0.25) is 0 Å². The Bertz CT molecular complexity index is 736. The van der Waals surface area contributed by atoms with Crippen molar-refractivity contribution in [3.63, 3.8) is 0 Å². The molecule has 0 radical (unpaired) electrons. The summed E-state index contributed by atoms with van der Waals surface area (Å²) in [6, 6.07) is 7.43. The Morgan fingerprint density at radius 1 is 1.39 bits per heavy atom. The van der Waals surface area contributed by atoms with Crippen molar-refractivity contribution < 1.29 is 14.6 Å². The predicted molar refractivity (Wildman–Crippen MR) is 85.2 cm³/mol. The van der Waals surface area contributed by atoms with E-state index in [4.69, 9.17) is 4.74 Å². The molecular formula is C16H21N3O4. The second kappa shape index (κ2) is 6.97. The molecule has 23 heavy (non-hydrogen) atoms. The zero-order valence-electron chi connectivity index (χ0n) is 12.9. The number of aliphatic hydroxyl groups excluding tert-OH is 1. The molecule has 1 aromatic carbocycles. The number of nitrogens with zero attached hydrogens (tertiary/aromatic N) is 2. The second-order valence-electron chi connectivity index (χ2n) is 5.81. The lowest BCUT2D eigenvalue weighted by Gasteiger charge is -2.22. The van der Waals surface area contributed by atoms with E-state index in [2.05, 4.69) is 4.98 Å². The maximum atomic E-state index is 12.4. The van der Waals surface area contributed by atoms with Gasteiger partial charge in [0.15, 0.2) is 0 Å². The fourth-order valence-corrected chi connectivity index (χ4v) is 2.91. The van der Waals surface area contributed by atoms with Crippen LogP contribution in [0.3, 0.4) is 0 Å². The van der Waals surface area contributed by atoms with Crippen LogP contribution in [0.15, 0.2) is 29.1 Å². The maximum absolute atomic E-state index is 12.4. The van der Waals surface area contributed by atoms with Crippen molar-refractivity contribution >= 4 is 16.9 Å². The molecule has 2 heterocycles. The van der Waals surface area contributed by atoms with Gasteiger partial charge in [0, 0.05) is 38.6 Å². The van der Waals surface area contributed by atoms with Gasteiger partial charge in [0.1, 0.15) is 0 Å². The highest BCUT2D eigenvalue weighted by molar-refractivity contribution is 5.77. The summed E-state index contributed by atoms with van der Waals surface area (Å²) in [5, 5.41) is 9.28. The molecule has 3 rings (SSSR count). The SMILES string of the molecule is O=C(CCn1c(=O)[nH]c2ccccc21)N1CCOCC(CO)C1. The van der Waals surface area contributed by atoms with E-state index in [1.54, 1.807) is 9.47 Å². The Morgan fingerprint density at radius 3 is 3.04 bits per heavy atom. The number of imidazole rings is 1. The third-order valence-electron chi connectivity index (χ3n) is 4.18. The number of aryl methyl sites for hydroxylation is 1. The fraction of sp³-hybridized carbons (Fsp3) is 0.500. The number of nitrogens with one attached hydrogen (secondary N) is 1. The lowest BCUT2D eigenvalue weighted by molar-refractivity contribution is -0.131. The molecule has 2 N–H and O–H groups in total. The largest absolute Gasteiger partial charge is 0.396 e. The monoisotopic (exact) mass is 319 g/mol. The van der Waals surface area contributed by atoms with E-state index in [9.17, 15) is 14.7 Å². The smallest absolute Gasteiger partial charge is 0.326 e. The van der Waals surface area contributed by atoms with Crippen LogP contribution in [0, 0.1) is 5.92 Å². The first-order chi connectivity index (χ1) is 11.2. The normalized spacial score (nSPS) is 19.0. The number of hydrogen-bond donors (Lipinski definition) is 2. The van der Waals surface area contributed by atoms with Crippen molar-refractivity contribution in [2.45, 2.75) is 13.0 Å². The molecule has 0 spiro atoms. The minimum absolute atomic E-state index is 0.00564. The van der Waals surface area contributed by atoms with E-state index in [-0.39, 0.29) is 30.5 Å². The van der Waals surface area contributed by atoms with Crippen LogP contribution in [-0.4, -0.2) is 58.4 Å². The van der Waals surface area contributed by atoms with Gasteiger partial charge in [-0.25, -0.2) is 4.79 Å². The third-order valence-corrected chi connectivity index (χ3v) is 4.18. The van der Waals surface area contributed by atoms with Crippen molar-refractivity contribution in [3.05, 3.63) is 34.7 Å². The van der Waals surface area contributed by atoms with E-state index in [1.807, 2.05) is 24.3 Å². The quantitative estimate of drug-likeness (QED) is 0.842. The van der Waals surface area contributed by atoms with Gasteiger partial charge in [0.05, 0.1) is 24.2 Å². The van der Waals surface area contributed by atoms with E-state index in [0.29, 0.717) is 32.8 Å². The minimum atomic E-state index is -0.202. The van der Waals surface area contributed by atoms with Crippen LogP contribution in [0.1, 0.15) is 6.42 Å². The molecule has 1 unspecified atom stereocenters. The van der Waals surface area contributed by atoms with Gasteiger partial charge in [0.2, 0.25) is 5.91 Å². The second-order valence-corrected chi connectivity index (χ2v) is 5.81. The summed E-state index contributed by atoms with van der Waals surface area (Å²) in [6.07, 6.45) is 0.250. The molecule has 1 amide bonds. The molecule has 1 aromatic heterocycles. The van der Waals surface area contributed by atoms with Crippen molar-refractivity contribution in [1.29, 1.82) is 0 Å². The number of amides is 1. The molecule has 1 fully saturated rings. The van der Waals surface area contributed by atoms with Crippen molar-refractivity contribution in [3.8, 4) is 0 Å². The highest BCUT2D eigenvalue weighted by atomic mass is 16.5. The van der Waals surface area contributed by atoms with Crippen LogP contribution in [-0.2, 0) is 16.1 Å². The lowest BCUT2D eigenvalue weighted by Crippen LogP contribution is -2.37. The number of carbonyl (C=O) groups excluding carboxylic acids is 1. The molecule has 1 atom stereocenters. The number of benzene rings is 1. The van der Waals surface area contributed by atoms with E-state index in [0.717, 1.165) is 11.0 Å². The van der Waals surface area contributed by atoms with E-state index < -0.39 is 0 Å². The summed E-state index contributed by atoms with van der Waals surface area (Å²) >= 11 is 0. The molecule has 0 aliphatic carbocycles. The zero-order chi connectivity index (χ0) is 16.2. The Balaban J connectivity index is 1.68. The molecule has 7 nitrogen and oxygen atoms in total. The van der Waals surface area contributed by atoms with Crippen molar-refractivity contribution in [1.82, 2.24) is 14.5 Å². The third kappa shape index (κ3) is 3.46. The summed E-state index contributed by atoms with van der Waals surface area (Å²) < 4.78 is 6.98. The van der Waals surface area contributed by atoms with Gasteiger partial charge in [-0.1, -0.05) is 12.1 Å². The number of para-hydroxylation sites is 2. The summed E-state index contributed by atoms with van der Waals surface area (Å²) in [5.74, 6) is -0.0663. The molecule has 124 valence electrons. The number of carbonyl (C=O) groups is 1. The average molecular weight is 319 g/mol. The number of aliphatic hydroxyl groups is 1. The van der Waals surface area contributed by atoms with Gasteiger partial charge in [-0.15, -0.1) is 0 Å². The van der Waals surface area contributed by atoms with Crippen LogP contribution in [0.25, 0.3) is 11.0 Å². The topological polar surface area (TPSA) is 87.6 Å². The Hall–Kier alpha value is -2.12. The Labute approximate surface area is 133 Å². The van der Waals surface area contributed by atoms with Crippen LogP contribution >= 0.6 is 0 Å². The Kier molecular flexibility index (Phi) is 4.78. The fourth-order valence-electron chi connectivity index (χ4n) is 2.91. The number of ether oxygens (including phenoxy) is 1. The number of H-pyrrole nitrogens is 1. The molecule has 2 aromatic rings. The summed E-state index contributed by atoms with van der Waals surface area (Å²) in [7, 11) is 0. The van der Waals surface area contributed by atoms with Crippen molar-refractivity contribution in [2.75, 3.05) is 32.9 Å². The van der Waals surface area contributed by atoms with Crippen LogP contribution < -0.4 is 5.69 Å². The maximum Gasteiger partial charge on any atom is 0.326 e. The number of aromatic nitrogens is 2.